The average Bonchev–Trinajstić information content (AvgIpc) is 3.06. The third kappa shape index (κ3) is 8.52. The van der Waals surface area contributed by atoms with Crippen LogP contribution in [0.25, 0.3) is 33.4 Å². The number of carbonyl (C=O) groups excluding carboxylic acids is 1. The summed E-state index contributed by atoms with van der Waals surface area (Å²) in [6.07, 6.45) is -7.97. The molecule has 2 N–H and O–H groups in total. The number of pyridine rings is 1. The smallest absolute Gasteiger partial charge is 0.416 e. The minimum atomic E-state index is -4.68. The number of hydrogen-bond donors (Lipinski definition) is 2. The quantitative estimate of drug-likeness (QED) is 0.105. The summed E-state index contributed by atoms with van der Waals surface area (Å²) in [7, 11) is 0. The number of aryl methyl sites for hydroxylation is 1. The molecule has 0 bridgehead atoms. The molecule has 0 aliphatic rings. The first-order valence-corrected chi connectivity index (χ1v) is 15.7. The number of ketones is 1. The van der Waals surface area contributed by atoms with Crippen molar-refractivity contribution in [3.63, 3.8) is 0 Å². The highest BCUT2D eigenvalue weighted by Gasteiger charge is 2.33. The van der Waals surface area contributed by atoms with Crippen molar-refractivity contribution in [1.29, 1.82) is 0 Å². The van der Waals surface area contributed by atoms with Gasteiger partial charge in [0.05, 0.1) is 16.1 Å². The standard InChI is InChI=1S/C38H29ClF6N2O3/c1-22-16-25(37(40,41)42)11-13-28(22)29-14-12-27(19-33(29)39)46-21-32-30(23-6-3-2-4-7-23)17-26(38(43,44)45)18-31(32)24-10-15-34(47-20-24)35(48)8-5-9-36(49)50/h2-4,6-7,10-20,46H,5,8-9,21H2,1H3,(H,49,50). The summed E-state index contributed by atoms with van der Waals surface area (Å²) in [5.74, 6) is -1.42. The Labute approximate surface area is 288 Å². The second kappa shape index (κ2) is 14.8. The number of alkyl halides is 6. The van der Waals surface area contributed by atoms with Crippen LogP contribution in [-0.4, -0.2) is 21.8 Å². The lowest BCUT2D eigenvalue weighted by Gasteiger charge is -2.20. The molecule has 0 saturated carbocycles. The van der Waals surface area contributed by atoms with Crippen LogP contribution in [0.4, 0.5) is 32.0 Å². The van der Waals surface area contributed by atoms with E-state index in [4.69, 9.17) is 16.7 Å². The van der Waals surface area contributed by atoms with Gasteiger partial charge in [0.15, 0.2) is 5.78 Å². The molecule has 0 amide bonds. The fraction of sp³-hybridized carbons (Fsp3) is 0.184. The minimum absolute atomic E-state index is 0.0303. The SMILES string of the molecule is Cc1cc(C(F)(F)F)ccc1-c1ccc(NCc2c(-c3ccccc3)cc(C(F)(F)F)cc2-c2ccc(C(=O)CCCC(=O)O)nc2)cc1Cl. The topological polar surface area (TPSA) is 79.3 Å². The summed E-state index contributed by atoms with van der Waals surface area (Å²) < 4.78 is 82.4. The van der Waals surface area contributed by atoms with E-state index in [0.717, 1.165) is 24.3 Å². The van der Waals surface area contributed by atoms with E-state index in [1.165, 1.54) is 24.4 Å². The Bertz CT molecular complexity index is 2030. The van der Waals surface area contributed by atoms with E-state index in [-0.39, 0.29) is 47.9 Å². The average molecular weight is 711 g/mol. The Kier molecular flexibility index (Phi) is 10.7. The molecule has 0 aliphatic carbocycles. The lowest BCUT2D eigenvalue weighted by molar-refractivity contribution is -0.138. The van der Waals surface area contributed by atoms with Crippen LogP contribution in [0.1, 0.15) is 52.0 Å². The van der Waals surface area contributed by atoms with E-state index >= 15 is 0 Å². The largest absolute Gasteiger partial charge is 0.481 e. The van der Waals surface area contributed by atoms with Crippen LogP contribution in [0.3, 0.4) is 0 Å². The van der Waals surface area contributed by atoms with Crippen molar-refractivity contribution in [3.8, 4) is 33.4 Å². The maximum Gasteiger partial charge on any atom is 0.416 e. The Morgan fingerprint density at radius 1 is 0.740 bits per heavy atom. The highest BCUT2D eigenvalue weighted by Crippen LogP contribution is 2.41. The van der Waals surface area contributed by atoms with Crippen LogP contribution in [0.15, 0.2) is 97.2 Å². The van der Waals surface area contributed by atoms with E-state index in [9.17, 15) is 35.9 Å². The molecule has 1 heterocycles. The van der Waals surface area contributed by atoms with Crippen LogP contribution in [0, 0.1) is 6.92 Å². The molecule has 4 aromatic carbocycles. The molecule has 1 aromatic heterocycles. The molecule has 12 heteroatoms. The van der Waals surface area contributed by atoms with Crippen LogP contribution in [0.5, 0.6) is 0 Å². The van der Waals surface area contributed by atoms with Crippen molar-refractivity contribution in [1.82, 2.24) is 4.98 Å². The van der Waals surface area contributed by atoms with Crippen molar-refractivity contribution in [2.75, 3.05) is 5.32 Å². The van der Waals surface area contributed by atoms with Crippen LogP contribution in [-0.2, 0) is 23.7 Å². The lowest BCUT2D eigenvalue weighted by atomic mass is 9.89. The number of anilines is 1. The highest BCUT2D eigenvalue weighted by atomic mass is 35.5. The third-order valence-electron chi connectivity index (χ3n) is 8.10. The van der Waals surface area contributed by atoms with Gasteiger partial charge in [0.1, 0.15) is 5.69 Å². The number of rotatable bonds is 11. The van der Waals surface area contributed by atoms with Gasteiger partial charge in [0.2, 0.25) is 0 Å². The highest BCUT2D eigenvalue weighted by molar-refractivity contribution is 6.33. The van der Waals surface area contributed by atoms with E-state index in [2.05, 4.69) is 10.3 Å². The number of halogens is 7. The summed E-state index contributed by atoms with van der Waals surface area (Å²) >= 11 is 6.61. The number of benzene rings is 4. The molecule has 5 nitrogen and oxygen atoms in total. The van der Waals surface area contributed by atoms with Crippen molar-refractivity contribution in [2.24, 2.45) is 0 Å². The van der Waals surface area contributed by atoms with Crippen molar-refractivity contribution >= 4 is 29.0 Å². The van der Waals surface area contributed by atoms with E-state index in [1.807, 2.05) is 0 Å². The minimum Gasteiger partial charge on any atom is -0.481 e. The maximum absolute atomic E-state index is 14.2. The summed E-state index contributed by atoms with van der Waals surface area (Å²) in [4.78, 5) is 27.6. The molecule has 0 fully saturated rings. The Balaban J connectivity index is 1.52. The number of carboxylic acids is 1. The van der Waals surface area contributed by atoms with Gasteiger partial charge in [-0.3, -0.25) is 14.6 Å². The Morgan fingerprint density at radius 2 is 1.40 bits per heavy atom. The predicted octanol–water partition coefficient (Wildman–Crippen LogP) is 11.1. The van der Waals surface area contributed by atoms with Gasteiger partial charge in [0, 0.05) is 42.4 Å². The van der Waals surface area contributed by atoms with Gasteiger partial charge in [-0.1, -0.05) is 60.1 Å². The zero-order chi connectivity index (χ0) is 36.2. The third-order valence-corrected chi connectivity index (χ3v) is 8.41. The van der Waals surface area contributed by atoms with Gasteiger partial charge in [0.25, 0.3) is 0 Å². The molecule has 0 atom stereocenters. The fourth-order valence-corrected chi connectivity index (χ4v) is 5.86. The summed E-state index contributed by atoms with van der Waals surface area (Å²) in [6, 6.07) is 21.9. The molecule has 258 valence electrons. The predicted molar refractivity (Wildman–Crippen MR) is 180 cm³/mol. The molecule has 0 saturated heterocycles. The number of aromatic nitrogens is 1. The van der Waals surface area contributed by atoms with Gasteiger partial charge in [-0.15, -0.1) is 0 Å². The zero-order valence-electron chi connectivity index (χ0n) is 26.4. The first-order valence-electron chi connectivity index (χ1n) is 15.3. The number of nitrogens with zero attached hydrogens (tertiary/aromatic N) is 1. The fourth-order valence-electron chi connectivity index (χ4n) is 5.58. The van der Waals surface area contributed by atoms with E-state index in [1.54, 1.807) is 55.5 Å². The van der Waals surface area contributed by atoms with E-state index in [0.29, 0.717) is 44.6 Å². The van der Waals surface area contributed by atoms with Crippen LogP contribution < -0.4 is 5.32 Å². The summed E-state index contributed by atoms with van der Waals surface area (Å²) in [6.45, 7) is 1.59. The molecule has 50 heavy (non-hydrogen) atoms. The molecular formula is C38H29ClF6N2O3. The van der Waals surface area contributed by atoms with Crippen LogP contribution in [0.2, 0.25) is 5.02 Å². The first-order chi connectivity index (χ1) is 23.6. The molecule has 0 spiro atoms. The second-order valence-electron chi connectivity index (χ2n) is 11.6. The van der Waals surface area contributed by atoms with E-state index < -0.39 is 29.4 Å². The number of nitrogens with one attached hydrogen (secondary N) is 1. The summed E-state index contributed by atoms with van der Waals surface area (Å²) in [5, 5.41) is 12.3. The van der Waals surface area contributed by atoms with Gasteiger partial charge < -0.3 is 10.4 Å². The number of hydrogen-bond acceptors (Lipinski definition) is 4. The second-order valence-corrected chi connectivity index (χ2v) is 12.0. The summed E-state index contributed by atoms with van der Waals surface area (Å²) in [5.41, 5.74) is 2.17. The molecule has 5 rings (SSSR count). The molecule has 5 aromatic rings. The number of carboxylic acid groups (broad SMARTS) is 1. The molecule has 0 aliphatic heterocycles. The monoisotopic (exact) mass is 710 g/mol. The Hall–Kier alpha value is -5.16. The number of Topliss-reactive ketones (excluding diaryl/α,β-unsaturated/α-hetero) is 1. The normalized spacial score (nSPS) is 11.8. The van der Waals surface area contributed by atoms with Gasteiger partial charge in [-0.05, 0) is 89.2 Å². The van der Waals surface area contributed by atoms with Gasteiger partial charge >= 0.3 is 18.3 Å². The maximum atomic E-state index is 14.2. The molecule has 0 unspecified atom stereocenters. The lowest BCUT2D eigenvalue weighted by Crippen LogP contribution is -2.10. The van der Waals surface area contributed by atoms with Gasteiger partial charge in [-0.2, -0.15) is 26.3 Å². The van der Waals surface area contributed by atoms with Crippen LogP contribution >= 0.6 is 11.6 Å². The zero-order valence-corrected chi connectivity index (χ0v) is 27.2. The first kappa shape index (κ1) is 36.1. The van der Waals surface area contributed by atoms with Gasteiger partial charge in [-0.25, -0.2) is 0 Å². The van der Waals surface area contributed by atoms with Crippen molar-refractivity contribution < 1.29 is 41.0 Å². The number of aliphatic carboxylic acids is 1. The Morgan fingerprint density at radius 3 is 1.98 bits per heavy atom. The molecular weight excluding hydrogens is 682 g/mol. The van der Waals surface area contributed by atoms with Crippen molar-refractivity contribution in [2.45, 2.75) is 45.1 Å². The van der Waals surface area contributed by atoms with Crippen molar-refractivity contribution in [3.05, 3.63) is 130 Å². The number of carbonyl (C=O) groups is 2. The molecule has 0 radical (unpaired) electrons.